The number of aldehydes is 1. The lowest BCUT2D eigenvalue weighted by Crippen LogP contribution is -2.56. The second-order valence-electron chi connectivity index (χ2n) is 8.84. The van der Waals surface area contributed by atoms with E-state index in [2.05, 4.69) is 20.8 Å². The quantitative estimate of drug-likeness (QED) is 0.715. The van der Waals surface area contributed by atoms with E-state index in [1.807, 2.05) is 13.0 Å². The van der Waals surface area contributed by atoms with E-state index in [9.17, 15) is 14.4 Å². The van der Waals surface area contributed by atoms with Crippen molar-refractivity contribution in [3.8, 4) is 0 Å². The smallest absolute Gasteiger partial charge is 0.178 e. The van der Waals surface area contributed by atoms with Crippen LogP contribution < -0.4 is 0 Å². The Bertz CT molecular complexity index is 658. The van der Waals surface area contributed by atoms with Gasteiger partial charge in [-0.3, -0.25) is 9.59 Å². The highest BCUT2D eigenvalue weighted by Crippen LogP contribution is 2.61. The average Bonchev–Trinajstić information content (AvgIpc) is 2.57. The van der Waals surface area contributed by atoms with Crippen molar-refractivity contribution >= 4 is 17.9 Å². The highest BCUT2D eigenvalue weighted by atomic mass is 16.1. The number of Topliss-reactive ketones (excluding diaryl/α,β-unsaturated/α-hetero) is 1. The summed E-state index contributed by atoms with van der Waals surface area (Å²) in [5.41, 5.74) is 0.546. The van der Waals surface area contributed by atoms with Gasteiger partial charge in [-0.1, -0.05) is 45.8 Å². The summed E-state index contributed by atoms with van der Waals surface area (Å²) in [5, 5.41) is 0. The Kier molecular flexibility index (Phi) is 4.63. The van der Waals surface area contributed by atoms with Crippen LogP contribution >= 0.6 is 0 Å². The normalized spacial score (nSPS) is 41.6. The maximum Gasteiger partial charge on any atom is 0.178 e. The van der Waals surface area contributed by atoms with E-state index in [1.165, 1.54) is 0 Å². The van der Waals surface area contributed by atoms with Crippen LogP contribution in [-0.4, -0.2) is 17.9 Å². The summed E-state index contributed by atoms with van der Waals surface area (Å²) in [7, 11) is 0. The second-order valence-corrected chi connectivity index (χ2v) is 8.84. The molecule has 0 radical (unpaired) electrons. The molecule has 0 aromatic heterocycles. The SMILES string of the molecule is CCCC1[C@@H]2CCC3=CC(=O)C=C[C@]3(C)C2C(=O)C[C@]1(C)C(C)C=O. The van der Waals surface area contributed by atoms with Crippen molar-refractivity contribution in [1.29, 1.82) is 0 Å². The summed E-state index contributed by atoms with van der Waals surface area (Å²) in [6.45, 7) is 8.44. The first-order valence-corrected chi connectivity index (χ1v) is 9.70. The molecular formula is C22H30O3. The molecule has 3 rings (SSSR count). The molecule has 25 heavy (non-hydrogen) atoms. The van der Waals surface area contributed by atoms with E-state index in [-0.39, 0.29) is 34.2 Å². The fourth-order valence-electron chi connectivity index (χ4n) is 5.94. The van der Waals surface area contributed by atoms with Crippen LogP contribution in [0.1, 0.15) is 59.8 Å². The highest BCUT2D eigenvalue weighted by Gasteiger charge is 2.58. The van der Waals surface area contributed by atoms with Crippen LogP contribution in [0.25, 0.3) is 0 Å². The van der Waals surface area contributed by atoms with Gasteiger partial charge in [-0.15, -0.1) is 0 Å². The molecule has 0 amide bonds. The number of ketones is 2. The maximum absolute atomic E-state index is 13.3. The minimum Gasteiger partial charge on any atom is -0.303 e. The van der Waals surface area contributed by atoms with E-state index in [0.29, 0.717) is 18.3 Å². The predicted octanol–water partition coefficient (Wildman–Crippen LogP) is 4.31. The fourth-order valence-corrected chi connectivity index (χ4v) is 5.94. The Hall–Kier alpha value is -1.51. The average molecular weight is 342 g/mol. The van der Waals surface area contributed by atoms with Gasteiger partial charge < -0.3 is 4.79 Å². The molecule has 2 fully saturated rings. The summed E-state index contributed by atoms with van der Waals surface area (Å²) in [5.74, 6) is 0.834. The molecule has 0 aromatic rings. The summed E-state index contributed by atoms with van der Waals surface area (Å²) in [4.78, 5) is 36.7. The van der Waals surface area contributed by atoms with Crippen LogP contribution in [0.15, 0.2) is 23.8 Å². The summed E-state index contributed by atoms with van der Waals surface area (Å²) in [6, 6.07) is 0. The molecule has 0 saturated heterocycles. The Morgan fingerprint density at radius 1 is 1.32 bits per heavy atom. The minimum absolute atomic E-state index is 0.0405. The first-order valence-electron chi connectivity index (χ1n) is 9.70. The molecule has 0 N–H and O–H groups in total. The van der Waals surface area contributed by atoms with Crippen molar-refractivity contribution < 1.29 is 14.4 Å². The van der Waals surface area contributed by atoms with Gasteiger partial charge in [-0.05, 0) is 48.7 Å². The van der Waals surface area contributed by atoms with E-state index >= 15 is 0 Å². The van der Waals surface area contributed by atoms with Gasteiger partial charge in [0.15, 0.2) is 5.78 Å². The first-order chi connectivity index (χ1) is 11.8. The van der Waals surface area contributed by atoms with Crippen molar-refractivity contribution in [2.75, 3.05) is 0 Å². The van der Waals surface area contributed by atoms with Gasteiger partial charge in [0.1, 0.15) is 12.1 Å². The highest BCUT2D eigenvalue weighted by molar-refractivity contribution is 6.01. The topological polar surface area (TPSA) is 51.2 Å². The van der Waals surface area contributed by atoms with Gasteiger partial charge >= 0.3 is 0 Å². The van der Waals surface area contributed by atoms with Gasteiger partial charge in [0.05, 0.1) is 0 Å². The zero-order valence-electron chi connectivity index (χ0n) is 15.9. The number of allylic oxidation sites excluding steroid dienone is 4. The summed E-state index contributed by atoms with van der Waals surface area (Å²) in [6.07, 6.45) is 10.8. The number of rotatable bonds is 4. The van der Waals surface area contributed by atoms with Crippen LogP contribution in [0.3, 0.4) is 0 Å². The zero-order chi connectivity index (χ0) is 18.4. The van der Waals surface area contributed by atoms with Crippen molar-refractivity contribution in [1.82, 2.24) is 0 Å². The second kappa shape index (κ2) is 6.34. The van der Waals surface area contributed by atoms with Crippen molar-refractivity contribution in [2.24, 2.45) is 34.5 Å². The summed E-state index contributed by atoms with van der Waals surface area (Å²) >= 11 is 0. The summed E-state index contributed by atoms with van der Waals surface area (Å²) < 4.78 is 0. The largest absolute Gasteiger partial charge is 0.303 e. The van der Waals surface area contributed by atoms with Gasteiger partial charge in [-0.25, -0.2) is 0 Å². The molecule has 3 aliphatic rings. The molecule has 6 atom stereocenters. The molecule has 3 unspecified atom stereocenters. The number of hydrogen-bond acceptors (Lipinski definition) is 3. The van der Waals surface area contributed by atoms with Gasteiger partial charge in [0.2, 0.25) is 0 Å². The zero-order valence-corrected chi connectivity index (χ0v) is 15.9. The Balaban J connectivity index is 2.05. The van der Waals surface area contributed by atoms with Crippen LogP contribution in [0.4, 0.5) is 0 Å². The van der Waals surface area contributed by atoms with Crippen LogP contribution in [-0.2, 0) is 14.4 Å². The van der Waals surface area contributed by atoms with Gasteiger partial charge in [-0.2, -0.15) is 0 Å². The molecule has 136 valence electrons. The first kappa shape index (κ1) is 18.3. The number of carbonyl (C=O) groups excluding carboxylic acids is 3. The van der Waals surface area contributed by atoms with Crippen molar-refractivity contribution in [2.45, 2.75) is 59.8 Å². The Morgan fingerprint density at radius 2 is 2.04 bits per heavy atom. The van der Waals surface area contributed by atoms with E-state index in [1.54, 1.807) is 12.2 Å². The Labute approximate surface area is 150 Å². The van der Waals surface area contributed by atoms with Crippen molar-refractivity contribution in [3.05, 3.63) is 23.8 Å². The molecule has 0 heterocycles. The van der Waals surface area contributed by atoms with E-state index in [0.717, 1.165) is 37.5 Å². The van der Waals surface area contributed by atoms with Crippen LogP contribution in [0.5, 0.6) is 0 Å². The maximum atomic E-state index is 13.3. The molecular weight excluding hydrogens is 312 g/mol. The number of hydrogen-bond donors (Lipinski definition) is 0. The van der Waals surface area contributed by atoms with E-state index < -0.39 is 0 Å². The lowest BCUT2D eigenvalue weighted by Gasteiger charge is -2.57. The molecule has 3 nitrogen and oxygen atoms in total. The van der Waals surface area contributed by atoms with Crippen LogP contribution in [0.2, 0.25) is 0 Å². The van der Waals surface area contributed by atoms with Gasteiger partial charge in [0.25, 0.3) is 0 Å². The minimum atomic E-state index is -0.328. The lowest BCUT2D eigenvalue weighted by molar-refractivity contribution is -0.148. The third-order valence-corrected chi connectivity index (χ3v) is 7.53. The van der Waals surface area contributed by atoms with E-state index in [4.69, 9.17) is 0 Å². The fraction of sp³-hybridized carbons (Fsp3) is 0.682. The Morgan fingerprint density at radius 3 is 2.68 bits per heavy atom. The molecule has 3 aliphatic carbocycles. The molecule has 2 saturated carbocycles. The predicted molar refractivity (Wildman–Crippen MR) is 97.9 cm³/mol. The third-order valence-electron chi connectivity index (χ3n) is 7.53. The molecule has 0 spiro atoms. The third kappa shape index (κ3) is 2.67. The lowest BCUT2D eigenvalue weighted by atomic mass is 9.45. The monoisotopic (exact) mass is 342 g/mol. The number of carbonyl (C=O) groups is 3. The molecule has 0 bridgehead atoms. The van der Waals surface area contributed by atoms with Crippen LogP contribution in [0, 0.1) is 34.5 Å². The standard InChI is InChI=1S/C22H30O3/c1-5-6-18-17-8-7-15-11-16(24)9-10-21(15,3)20(17)19(25)12-22(18,4)14(2)13-23/h9-11,13-14,17-18,20H,5-8,12H2,1-4H3/t14?,17-,18?,20?,21-,22+/m0/s1. The number of fused-ring (bicyclic) bond motifs is 3. The van der Waals surface area contributed by atoms with Gasteiger partial charge in [0, 0.05) is 23.7 Å². The van der Waals surface area contributed by atoms with Crippen molar-refractivity contribution in [3.63, 3.8) is 0 Å². The molecule has 3 heteroatoms. The molecule has 0 aromatic carbocycles. The molecule has 0 aliphatic heterocycles.